The van der Waals surface area contributed by atoms with E-state index in [-0.39, 0.29) is 18.7 Å². The fourth-order valence-electron chi connectivity index (χ4n) is 0.699. The number of rotatable bonds is 5. The Labute approximate surface area is 73.3 Å². The predicted octanol–water partition coefficient (Wildman–Crippen LogP) is 0.466. The topological polar surface area (TPSA) is 61.4 Å². The third-order valence-corrected chi connectivity index (χ3v) is 1.47. The molecule has 4 heteroatoms. The van der Waals surface area contributed by atoms with Gasteiger partial charge in [-0.25, -0.2) is 4.79 Å². The molecule has 0 aliphatic heterocycles. The number of carbonyl (C=O) groups excluding carboxylic acids is 1. The van der Waals surface area contributed by atoms with Crippen LogP contribution in [-0.2, 0) is 0 Å². The molecule has 0 saturated carbocycles. The van der Waals surface area contributed by atoms with Gasteiger partial charge in [-0.2, -0.15) is 0 Å². The van der Waals surface area contributed by atoms with Crippen molar-refractivity contribution in [2.24, 2.45) is 0 Å². The molecule has 0 fully saturated rings. The first-order chi connectivity index (χ1) is 5.70. The molecule has 0 aromatic rings. The minimum atomic E-state index is -0.204. The Hall–Kier alpha value is -0.770. The van der Waals surface area contributed by atoms with E-state index >= 15 is 0 Å². The van der Waals surface area contributed by atoms with Gasteiger partial charge in [-0.1, -0.05) is 13.3 Å². The lowest BCUT2D eigenvalue weighted by molar-refractivity contribution is 0.220. The summed E-state index contributed by atoms with van der Waals surface area (Å²) >= 11 is 0. The van der Waals surface area contributed by atoms with Crippen LogP contribution in [0.15, 0.2) is 0 Å². The molecule has 0 aromatic carbocycles. The minimum Gasteiger partial charge on any atom is -0.394 e. The summed E-state index contributed by atoms with van der Waals surface area (Å²) in [7, 11) is 0. The molecule has 0 heterocycles. The fourth-order valence-corrected chi connectivity index (χ4v) is 0.699. The third-order valence-electron chi connectivity index (χ3n) is 1.47. The van der Waals surface area contributed by atoms with Gasteiger partial charge in [-0.05, 0) is 13.3 Å². The molecule has 3 N–H and O–H groups in total. The van der Waals surface area contributed by atoms with Crippen LogP contribution < -0.4 is 10.6 Å². The molecule has 0 aliphatic rings. The van der Waals surface area contributed by atoms with Crippen molar-refractivity contribution in [1.29, 1.82) is 0 Å². The van der Waals surface area contributed by atoms with Crippen LogP contribution in [0.2, 0.25) is 0 Å². The normalized spacial score (nSPS) is 12.2. The van der Waals surface area contributed by atoms with Gasteiger partial charge in [0, 0.05) is 6.54 Å². The highest BCUT2D eigenvalue weighted by Crippen LogP contribution is 1.83. The molecular formula is C8H18N2O2. The lowest BCUT2D eigenvalue weighted by Gasteiger charge is -2.11. The van der Waals surface area contributed by atoms with Crippen LogP contribution in [0.4, 0.5) is 4.79 Å². The van der Waals surface area contributed by atoms with Crippen LogP contribution in [0.25, 0.3) is 0 Å². The molecule has 0 radical (unpaired) electrons. The van der Waals surface area contributed by atoms with Crippen LogP contribution in [0.3, 0.4) is 0 Å². The van der Waals surface area contributed by atoms with E-state index < -0.39 is 0 Å². The van der Waals surface area contributed by atoms with E-state index in [1.54, 1.807) is 6.92 Å². The minimum absolute atomic E-state index is 0.0266. The zero-order valence-electron chi connectivity index (χ0n) is 7.76. The number of nitrogens with one attached hydrogen (secondary N) is 2. The number of amides is 2. The first-order valence-electron chi connectivity index (χ1n) is 4.36. The Morgan fingerprint density at radius 1 is 1.58 bits per heavy atom. The Kier molecular flexibility index (Phi) is 6.47. The highest BCUT2D eigenvalue weighted by molar-refractivity contribution is 5.74. The zero-order chi connectivity index (χ0) is 9.40. The summed E-state index contributed by atoms with van der Waals surface area (Å²) in [6.45, 7) is 4.48. The fraction of sp³-hybridized carbons (Fsp3) is 0.875. The van der Waals surface area contributed by atoms with E-state index in [0.29, 0.717) is 6.54 Å². The highest BCUT2D eigenvalue weighted by atomic mass is 16.3. The van der Waals surface area contributed by atoms with Gasteiger partial charge in [0.25, 0.3) is 0 Å². The molecule has 12 heavy (non-hydrogen) atoms. The van der Waals surface area contributed by atoms with Gasteiger partial charge >= 0.3 is 6.03 Å². The van der Waals surface area contributed by atoms with E-state index in [4.69, 9.17) is 5.11 Å². The number of hydrogen-bond acceptors (Lipinski definition) is 2. The molecule has 0 bridgehead atoms. The van der Waals surface area contributed by atoms with Gasteiger partial charge < -0.3 is 15.7 Å². The van der Waals surface area contributed by atoms with Crippen molar-refractivity contribution in [3.05, 3.63) is 0 Å². The van der Waals surface area contributed by atoms with Crippen molar-refractivity contribution in [3.63, 3.8) is 0 Å². The van der Waals surface area contributed by atoms with E-state index in [0.717, 1.165) is 12.8 Å². The smallest absolute Gasteiger partial charge is 0.315 e. The molecule has 0 aliphatic carbocycles. The van der Waals surface area contributed by atoms with Crippen LogP contribution in [0.5, 0.6) is 0 Å². The second-order valence-electron chi connectivity index (χ2n) is 2.84. The number of aliphatic hydroxyl groups excluding tert-OH is 1. The Bertz CT molecular complexity index is 128. The van der Waals surface area contributed by atoms with Crippen molar-refractivity contribution in [1.82, 2.24) is 10.6 Å². The Morgan fingerprint density at radius 2 is 2.25 bits per heavy atom. The number of hydrogen-bond donors (Lipinski definition) is 3. The number of aliphatic hydroxyl groups is 1. The van der Waals surface area contributed by atoms with Gasteiger partial charge in [0.15, 0.2) is 0 Å². The van der Waals surface area contributed by atoms with Crippen molar-refractivity contribution in [2.75, 3.05) is 13.2 Å². The first-order valence-corrected chi connectivity index (χ1v) is 4.36. The predicted molar refractivity (Wildman–Crippen MR) is 48.0 cm³/mol. The van der Waals surface area contributed by atoms with Gasteiger partial charge in [0.2, 0.25) is 0 Å². The number of urea groups is 1. The van der Waals surface area contributed by atoms with E-state index in [1.807, 2.05) is 0 Å². The second kappa shape index (κ2) is 6.91. The molecule has 1 unspecified atom stereocenters. The second-order valence-corrected chi connectivity index (χ2v) is 2.84. The first kappa shape index (κ1) is 11.2. The van der Waals surface area contributed by atoms with E-state index in [9.17, 15) is 4.79 Å². The third kappa shape index (κ3) is 5.97. The Balaban J connectivity index is 3.33. The van der Waals surface area contributed by atoms with Crippen LogP contribution >= 0.6 is 0 Å². The summed E-state index contributed by atoms with van der Waals surface area (Å²) in [6, 6.07) is -0.378. The summed E-state index contributed by atoms with van der Waals surface area (Å²) < 4.78 is 0. The Morgan fingerprint density at radius 3 is 2.75 bits per heavy atom. The molecular weight excluding hydrogens is 156 g/mol. The van der Waals surface area contributed by atoms with Crippen molar-refractivity contribution in [3.8, 4) is 0 Å². The summed E-state index contributed by atoms with van der Waals surface area (Å²) in [5.41, 5.74) is 0. The van der Waals surface area contributed by atoms with Gasteiger partial charge in [-0.15, -0.1) is 0 Å². The molecule has 72 valence electrons. The van der Waals surface area contributed by atoms with Crippen molar-refractivity contribution >= 4 is 6.03 Å². The maximum absolute atomic E-state index is 11.0. The van der Waals surface area contributed by atoms with Crippen molar-refractivity contribution < 1.29 is 9.90 Å². The molecule has 0 saturated heterocycles. The average Bonchev–Trinajstić information content (AvgIpc) is 2.05. The molecule has 2 amide bonds. The lowest BCUT2D eigenvalue weighted by atomic mass is 10.3. The summed E-state index contributed by atoms with van der Waals surface area (Å²) in [5, 5.41) is 13.9. The van der Waals surface area contributed by atoms with Gasteiger partial charge in [0.05, 0.1) is 12.6 Å². The standard InChI is InChI=1S/C8H18N2O2/c1-3-4-5-9-8(12)10-7(2)6-11/h7,11H,3-6H2,1-2H3,(H2,9,10,12). The molecule has 0 rings (SSSR count). The quantitative estimate of drug-likeness (QED) is 0.530. The van der Waals surface area contributed by atoms with E-state index in [2.05, 4.69) is 17.6 Å². The number of unbranched alkanes of at least 4 members (excludes halogenated alkanes) is 1. The molecule has 4 nitrogen and oxygen atoms in total. The maximum Gasteiger partial charge on any atom is 0.315 e. The molecule has 0 spiro atoms. The van der Waals surface area contributed by atoms with Crippen LogP contribution in [0.1, 0.15) is 26.7 Å². The van der Waals surface area contributed by atoms with E-state index in [1.165, 1.54) is 0 Å². The average molecular weight is 174 g/mol. The van der Waals surface area contributed by atoms with Crippen molar-refractivity contribution in [2.45, 2.75) is 32.7 Å². The maximum atomic E-state index is 11.0. The van der Waals surface area contributed by atoms with Crippen LogP contribution in [0, 0.1) is 0 Å². The largest absolute Gasteiger partial charge is 0.394 e. The van der Waals surface area contributed by atoms with Crippen LogP contribution in [-0.4, -0.2) is 30.3 Å². The SMILES string of the molecule is CCCCNC(=O)NC(C)CO. The van der Waals surface area contributed by atoms with Gasteiger partial charge in [-0.3, -0.25) is 0 Å². The highest BCUT2D eigenvalue weighted by Gasteiger charge is 2.03. The molecule has 1 atom stereocenters. The molecule has 0 aromatic heterocycles. The van der Waals surface area contributed by atoms with Gasteiger partial charge in [0.1, 0.15) is 0 Å². The summed E-state index contributed by atoms with van der Waals surface area (Å²) in [6.07, 6.45) is 2.05. The summed E-state index contributed by atoms with van der Waals surface area (Å²) in [4.78, 5) is 11.0. The lowest BCUT2D eigenvalue weighted by Crippen LogP contribution is -2.42. The number of carbonyl (C=O) groups is 1. The monoisotopic (exact) mass is 174 g/mol. The summed E-state index contributed by atoms with van der Waals surface area (Å²) in [5.74, 6) is 0. The zero-order valence-corrected chi connectivity index (χ0v) is 7.76.